The molecule has 130 valence electrons. The Morgan fingerprint density at radius 3 is 2.96 bits per heavy atom. The molecule has 1 aromatic heterocycles. The minimum atomic E-state index is -0.191. The van der Waals surface area contributed by atoms with Crippen LogP contribution in [-0.2, 0) is 20.7 Å². The maximum absolute atomic E-state index is 12.2. The smallest absolute Gasteiger partial charge is 0.333 e. The summed E-state index contributed by atoms with van der Waals surface area (Å²) in [6.07, 6.45) is 6.63. The van der Waals surface area contributed by atoms with Crippen LogP contribution in [0.15, 0.2) is 22.3 Å². The van der Waals surface area contributed by atoms with E-state index in [4.69, 9.17) is 13.9 Å². The highest BCUT2D eigenvalue weighted by atomic mass is 16.5. The first-order valence-corrected chi connectivity index (χ1v) is 8.99. The highest BCUT2D eigenvalue weighted by Gasteiger charge is 2.61. The van der Waals surface area contributed by atoms with E-state index in [-0.39, 0.29) is 29.5 Å². The topological polar surface area (TPSA) is 48.7 Å². The number of hydrogen-bond acceptors (Lipinski definition) is 4. The van der Waals surface area contributed by atoms with Gasteiger partial charge in [-0.15, -0.1) is 0 Å². The molecule has 1 aliphatic heterocycles. The summed E-state index contributed by atoms with van der Waals surface area (Å²) >= 11 is 0. The summed E-state index contributed by atoms with van der Waals surface area (Å²) in [6.45, 7) is 8.77. The molecule has 0 unspecified atom stereocenters. The third-order valence-corrected chi connectivity index (χ3v) is 6.75. The van der Waals surface area contributed by atoms with Crippen molar-refractivity contribution in [2.45, 2.75) is 59.2 Å². The van der Waals surface area contributed by atoms with E-state index in [0.717, 1.165) is 25.0 Å². The van der Waals surface area contributed by atoms with Crippen molar-refractivity contribution in [3.63, 3.8) is 0 Å². The van der Waals surface area contributed by atoms with Gasteiger partial charge in [-0.2, -0.15) is 0 Å². The molecule has 0 aromatic carbocycles. The Labute approximate surface area is 143 Å². The van der Waals surface area contributed by atoms with Crippen molar-refractivity contribution in [3.05, 3.63) is 34.8 Å². The molecule has 2 aliphatic carbocycles. The van der Waals surface area contributed by atoms with Crippen LogP contribution in [0.4, 0.5) is 0 Å². The van der Waals surface area contributed by atoms with Crippen molar-refractivity contribution in [3.8, 4) is 0 Å². The molecule has 0 N–H and O–H groups in total. The van der Waals surface area contributed by atoms with E-state index in [1.54, 1.807) is 0 Å². The molecule has 24 heavy (non-hydrogen) atoms. The molecule has 0 bridgehead atoms. The molecule has 4 heteroatoms. The number of ether oxygens (including phenoxy) is 2. The lowest BCUT2D eigenvalue weighted by atomic mass is 9.54. The largest absolute Gasteiger partial charge is 0.469 e. The van der Waals surface area contributed by atoms with Gasteiger partial charge < -0.3 is 13.9 Å². The van der Waals surface area contributed by atoms with Crippen LogP contribution in [0.2, 0.25) is 0 Å². The molecule has 3 aliphatic rings. The van der Waals surface area contributed by atoms with Crippen LogP contribution in [-0.4, -0.2) is 18.7 Å². The van der Waals surface area contributed by atoms with Gasteiger partial charge in [-0.1, -0.05) is 13.0 Å². The fraction of sp³-hybridized carbons (Fsp3) is 0.650. The molecule has 0 spiro atoms. The predicted molar refractivity (Wildman–Crippen MR) is 89.5 cm³/mol. The van der Waals surface area contributed by atoms with Crippen molar-refractivity contribution in [1.82, 2.24) is 0 Å². The van der Waals surface area contributed by atoms with Crippen molar-refractivity contribution in [2.24, 2.45) is 17.3 Å². The normalized spacial score (nSPS) is 37.8. The van der Waals surface area contributed by atoms with Gasteiger partial charge in [0.25, 0.3) is 0 Å². The number of hydrogen-bond donors (Lipinski definition) is 0. The number of rotatable bonds is 2. The Morgan fingerprint density at radius 1 is 1.42 bits per heavy atom. The predicted octanol–water partition coefficient (Wildman–Crippen LogP) is 4.13. The average Bonchev–Trinajstić information content (AvgIpc) is 3.10. The van der Waals surface area contributed by atoms with Gasteiger partial charge in [0.05, 0.1) is 19.0 Å². The van der Waals surface area contributed by atoms with Gasteiger partial charge in [0.1, 0.15) is 11.9 Å². The number of furan rings is 1. The Bertz CT molecular complexity index is 700. The molecule has 5 atom stereocenters. The second-order valence-corrected chi connectivity index (χ2v) is 7.84. The summed E-state index contributed by atoms with van der Waals surface area (Å²) in [5.41, 5.74) is 3.12. The Hall–Kier alpha value is -1.55. The van der Waals surface area contributed by atoms with E-state index >= 15 is 0 Å². The zero-order valence-electron chi connectivity index (χ0n) is 14.9. The maximum Gasteiger partial charge on any atom is 0.333 e. The van der Waals surface area contributed by atoms with Gasteiger partial charge in [0.2, 0.25) is 0 Å². The molecule has 0 radical (unpaired) electrons. The maximum atomic E-state index is 12.2. The van der Waals surface area contributed by atoms with Crippen LogP contribution in [0.3, 0.4) is 0 Å². The number of fused-ring (bicyclic) bond motifs is 2. The Kier molecular flexibility index (Phi) is 3.64. The number of carbonyl (C=O) groups excluding carboxylic acids is 1. The lowest BCUT2D eigenvalue weighted by molar-refractivity contribution is -0.155. The first-order chi connectivity index (χ1) is 11.5. The van der Waals surface area contributed by atoms with E-state index in [1.165, 1.54) is 11.1 Å². The van der Waals surface area contributed by atoms with Crippen LogP contribution in [0.25, 0.3) is 0 Å². The fourth-order valence-electron chi connectivity index (χ4n) is 5.10. The summed E-state index contributed by atoms with van der Waals surface area (Å²) in [4.78, 5) is 12.2. The molecule has 1 saturated carbocycles. The molecule has 4 nitrogen and oxygen atoms in total. The molecule has 1 saturated heterocycles. The zero-order valence-corrected chi connectivity index (χ0v) is 14.9. The van der Waals surface area contributed by atoms with Gasteiger partial charge in [0, 0.05) is 28.9 Å². The van der Waals surface area contributed by atoms with E-state index < -0.39 is 0 Å². The monoisotopic (exact) mass is 330 g/mol. The standard InChI is InChI=1S/C20H26O4/c1-5-11(2)19(21)24-15-7-6-13-8-16-17(12(3)9-22-16)18-20(13,4)14(15)10-23-18/h5,9,13-15,18H,6-8,10H2,1-4H3/t13-,14+,15+,18+,20+/m1/s1. The average molecular weight is 330 g/mol. The molecule has 2 heterocycles. The summed E-state index contributed by atoms with van der Waals surface area (Å²) in [6, 6.07) is 0. The van der Waals surface area contributed by atoms with E-state index in [0.29, 0.717) is 18.1 Å². The highest BCUT2D eigenvalue weighted by molar-refractivity contribution is 5.87. The molecule has 1 aromatic rings. The van der Waals surface area contributed by atoms with Crippen LogP contribution in [0.5, 0.6) is 0 Å². The van der Waals surface area contributed by atoms with E-state index in [1.807, 2.05) is 26.2 Å². The minimum Gasteiger partial charge on any atom is -0.469 e. The number of esters is 1. The summed E-state index contributed by atoms with van der Waals surface area (Å²) in [5, 5.41) is 0. The second kappa shape index (κ2) is 5.48. The quantitative estimate of drug-likeness (QED) is 0.604. The first-order valence-electron chi connectivity index (χ1n) is 8.99. The summed E-state index contributed by atoms with van der Waals surface area (Å²) in [5.74, 6) is 1.70. The van der Waals surface area contributed by atoms with Crippen molar-refractivity contribution >= 4 is 5.97 Å². The van der Waals surface area contributed by atoms with Crippen LogP contribution < -0.4 is 0 Å². The molecular formula is C20H26O4. The Balaban J connectivity index is 1.65. The lowest BCUT2D eigenvalue weighted by Crippen LogP contribution is -2.50. The van der Waals surface area contributed by atoms with Gasteiger partial charge >= 0.3 is 5.97 Å². The number of aryl methyl sites for hydroxylation is 1. The third kappa shape index (κ3) is 2.05. The molecule has 4 rings (SSSR count). The lowest BCUT2D eigenvalue weighted by Gasteiger charge is -2.50. The SMILES string of the molecule is CC=C(C)C(=O)O[C@H]1CC[C@@H]2Cc3occ(C)c3[C@@H]3OC[C@@H]1[C@]23C. The first kappa shape index (κ1) is 15.9. The summed E-state index contributed by atoms with van der Waals surface area (Å²) in [7, 11) is 0. The molecule has 0 amide bonds. The minimum absolute atomic E-state index is 0.0225. The van der Waals surface area contributed by atoms with Crippen molar-refractivity contribution in [1.29, 1.82) is 0 Å². The number of allylic oxidation sites excluding steroid dienone is 1. The van der Waals surface area contributed by atoms with E-state index in [9.17, 15) is 4.79 Å². The van der Waals surface area contributed by atoms with Crippen LogP contribution in [0, 0.1) is 24.2 Å². The zero-order chi connectivity index (χ0) is 17.1. The van der Waals surface area contributed by atoms with Gasteiger partial charge in [-0.25, -0.2) is 4.79 Å². The van der Waals surface area contributed by atoms with Crippen molar-refractivity contribution in [2.75, 3.05) is 6.61 Å². The Morgan fingerprint density at radius 2 is 2.21 bits per heavy atom. The highest BCUT2D eigenvalue weighted by Crippen LogP contribution is 2.63. The van der Waals surface area contributed by atoms with Crippen molar-refractivity contribution < 1.29 is 18.7 Å². The van der Waals surface area contributed by atoms with Gasteiger partial charge in [-0.3, -0.25) is 0 Å². The second-order valence-electron chi connectivity index (χ2n) is 7.84. The molecular weight excluding hydrogens is 304 g/mol. The summed E-state index contributed by atoms with van der Waals surface area (Å²) < 4.78 is 17.9. The van der Waals surface area contributed by atoms with Gasteiger partial charge in [-0.05, 0) is 45.1 Å². The third-order valence-electron chi connectivity index (χ3n) is 6.75. The van der Waals surface area contributed by atoms with Crippen LogP contribution >= 0.6 is 0 Å². The number of carbonyl (C=O) groups is 1. The van der Waals surface area contributed by atoms with Gasteiger partial charge in [0.15, 0.2) is 0 Å². The van der Waals surface area contributed by atoms with Crippen LogP contribution in [0.1, 0.15) is 56.6 Å². The molecule has 2 fully saturated rings. The fourth-order valence-corrected chi connectivity index (χ4v) is 5.10. The van der Waals surface area contributed by atoms with E-state index in [2.05, 4.69) is 13.8 Å².